The number of hydrogen-bond donors (Lipinski definition) is 2. The number of ether oxygens (including phenoxy) is 1. The molecule has 1 unspecified atom stereocenters. The number of nitrogens with zero attached hydrogens (tertiary/aromatic N) is 2. The van der Waals surface area contributed by atoms with Gasteiger partial charge in [0.25, 0.3) is 0 Å². The molecule has 0 aliphatic carbocycles. The molecule has 0 spiro atoms. The van der Waals surface area contributed by atoms with E-state index in [1.54, 1.807) is 6.07 Å². The molecule has 0 amide bonds. The van der Waals surface area contributed by atoms with E-state index in [4.69, 9.17) is 4.74 Å². The molecule has 3 rings (SSSR count). The highest BCUT2D eigenvalue weighted by Gasteiger charge is 2.15. The first-order valence-electron chi connectivity index (χ1n) is 7.53. The zero-order valence-electron chi connectivity index (χ0n) is 12.8. The van der Waals surface area contributed by atoms with E-state index in [1.807, 2.05) is 6.92 Å². The van der Waals surface area contributed by atoms with Gasteiger partial charge in [-0.25, -0.2) is 13.8 Å². The average molecular weight is 320 g/mol. The molecule has 1 aliphatic rings. The topological polar surface area (TPSA) is 59.1 Å². The standard InChI is InChI=1S/C16H18F2N4O/c1-10-7-15(21-11-4-5-13(17)14(18)8-11)22-16(20-10)19-9-12-3-2-6-23-12/h4-5,7-8,12H,2-3,6,9H2,1H3,(H2,19,20,21,22). The predicted octanol–water partition coefficient (Wildman–Crippen LogP) is 3.40. The second-order valence-corrected chi connectivity index (χ2v) is 5.49. The van der Waals surface area contributed by atoms with Crippen molar-refractivity contribution in [1.29, 1.82) is 0 Å². The van der Waals surface area contributed by atoms with Gasteiger partial charge in [-0.05, 0) is 31.9 Å². The minimum atomic E-state index is -0.905. The van der Waals surface area contributed by atoms with Crippen molar-refractivity contribution < 1.29 is 13.5 Å². The number of rotatable bonds is 5. The highest BCUT2D eigenvalue weighted by atomic mass is 19.2. The lowest BCUT2D eigenvalue weighted by atomic mass is 10.2. The van der Waals surface area contributed by atoms with Crippen molar-refractivity contribution in [3.05, 3.63) is 41.6 Å². The fourth-order valence-electron chi connectivity index (χ4n) is 2.44. The summed E-state index contributed by atoms with van der Waals surface area (Å²) < 4.78 is 31.8. The number of anilines is 3. The van der Waals surface area contributed by atoms with Crippen molar-refractivity contribution in [2.24, 2.45) is 0 Å². The summed E-state index contributed by atoms with van der Waals surface area (Å²) in [5.74, 6) is -0.797. The summed E-state index contributed by atoms with van der Waals surface area (Å²) in [4.78, 5) is 8.65. The lowest BCUT2D eigenvalue weighted by molar-refractivity contribution is 0.120. The molecule has 122 valence electrons. The molecule has 5 nitrogen and oxygen atoms in total. The Bertz CT molecular complexity index is 690. The molecule has 1 aromatic carbocycles. The first-order valence-corrected chi connectivity index (χ1v) is 7.53. The Morgan fingerprint density at radius 3 is 2.83 bits per heavy atom. The second kappa shape index (κ2) is 6.87. The van der Waals surface area contributed by atoms with Gasteiger partial charge in [-0.3, -0.25) is 0 Å². The maximum atomic E-state index is 13.3. The van der Waals surface area contributed by atoms with Gasteiger partial charge in [0, 0.05) is 36.7 Å². The molecule has 0 saturated carbocycles. The molecule has 7 heteroatoms. The fraction of sp³-hybridized carbons (Fsp3) is 0.375. The molecule has 0 bridgehead atoms. The van der Waals surface area contributed by atoms with Crippen molar-refractivity contribution in [2.45, 2.75) is 25.9 Å². The third-order valence-electron chi connectivity index (χ3n) is 3.56. The van der Waals surface area contributed by atoms with Crippen LogP contribution in [0.2, 0.25) is 0 Å². The molecule has 1 atom stereocenters. The van der Waals surface area contributed by atoms with Crippen LogP contribution in [0.25, 0.3) is 0 Å². The molecule has 0 radical (unpaired) electrons. The number of aryl methyl sites for hydroxylation is 1. The quantitative estimate of drug-likeness (QED) is 0.884. The number of benzene rings is 1. The molecule has 2 aromatic rings. The molecule has 23 heavy (non-hydrogen) atoms. The van der Waals surface area contributed by atoms with Crippen molar-refractivity contribution in [3.8, 4) is 0 Å². The highest BCUT2D eigenvalue weighted by Crippen LogP contribution is 2.19. The van der Waals surface area contributed by atoms with Crippen molar-refractivity contribution >= 4 is 17.5 Å². The van der Waals surface area contributed by atoms with Gasteiger partial charge in [0.15, 0.2) is 11.6 Å². The Hall–Kier alpha value is -2.28. The molecule has 1 fully saturated rings. The monoisotopic (exact) mass is 320 g/mol. The van der Waals surface area contributed by atoms with E-state index in [0.29, 0.717) is 24.0 Å². The van der Waals surface area contributed by atoms with Crippen LogP contribution in [0, 0.1) is 18.6 Å². The van der Waals surface area contributed by atoms with Gasteiger partial charge in [0.1, 0.15) is 5.82 Å². The second-order valence-electron chi connectivity index (χ2n) is 5.49. The van der Waals surface area contributed by atoms with E-state index >= 15 is 0 Å². The van der Waals surface area contributed by atoms with Gasteiger partial charge >= 0.3 is 0 Å². The van der Waals surface area contributed by atoms with Crippen LogP contribution < -0.4 is 10.6 Å². The summed E-state index contributed by atoms with van der Waals surface area (Å²) in [5, 5.41) is 6.10. The van der Waals surface area contributed by atoms with E-state index in [9.17, 15) is 8.78 Å². The van der Waals surface area contributed by atoms with Crippen LogP contribution in [0.4, 0.5) is 26.2 Å². The third kappa shape index (κ3) is 4.13. The van der Waals surface area contributed by atoms with Crippen molar-refractivity contribution in [1.82, 2.24) is 9.97 Å². The summed E-state index contributed by atoms with van der Waals surface area (Å²) >= 11 is 0. The van der Waals surface area contributed by atoms with Crippen LogP contribution >= 0.6 is 0 Å². The van der Waals surface area contributed by atoms with Crippen LogP contribution in [0.3, 0.4) is 0 Å². The minimum absolute atomic E-state index is 0.182. The molecule has 2 heterocycles. The normalized spacial score (nSPS) is 17.3. The SMILES string of the molecule is Cc1cc(Nc2ccc(F)c(F)c2)nc(NCC2CCCO2)n1. The van der Waals surface area contributed by atoms with E-state index < -0.39 is 11.6 Å². The maximum Gasteiger partial charge on any atom is 0.224 e. The van der Waals surface area contributed by atoms with E-state index in [2.05, 4.69) is 20.6 Å². The Labute approximate surface area is 133 Å². The summed E-state index contributed by atoms with van der Waals surface area (Å²) in [6.45, 7) is 3.29. The molecule has 2 N–H and O–H groups in total. The summed E-state index contributed by atoms with van der Waals surface area (Å²) in [6, 6.07) is 5.35. The highest BCUT2D eigenvalue weighted by molar-refractivity contribution is 5.57. The van der Waals surface area contributed by atoms with E-state index in [-0.39, 0.29) is 6.10 Å². The zero-order valence-corrected chi connectivity index (χ0v) is 12.8. The Morgan fingerprint density at radius 1 is 1.22 bits per heavy atom. The van der Waals surface area contributed by atoms with Crippen LogP contribution in [-0.2, 0) is 4.74 Å². The van der Waals surface area contributed by atoms with Gasteiger partial charge < -0.3 is 15.4 Å². The zero-order chi connectivity index (χ0) is 16.2. The van der Waals surface area contributed by atoms with Crippen LogP contribution in [-0.4, -0.2) is 29.2 Å². The number of aromatic nitrogens is 2. The van der Waals surface area contributed by atoms with Crippen LogP contribution in [0.1, 0.15) is 18.5 Å². The Balaban J connectivity index is 1.70. The van der Waals surface area contributed by atoms with Gasteiger partial charge in [0.2, 0.25) is 5.95 Å². The first-order chi connectivity index (χ1) is 11.1. The van der Waals surface area contributed by atoms with Gasteiger partial charge in [-0.2, -0.15) is 4.98 Å². The molecule has 1 saturated heterocycles. The van der Waals surface area contributed by atoms with E-state index in [1.165, 1.54) is 6.07 Å². The predicted molar refractivity (Wildman–Crippen MR) is 83.9 cm³/mol. The van der Waals surface area contributed by atoms with Crippen LogP contribution in [0.15, 0.2) is 24.3 Å². The van der Waals surface area contributed by atoms with E-state index in [0.717, 1.165) is 37.3 Å². The average Bonchev–Trinajstić information content (AvgIpc) is 3.02. The minimum Gasteiger partial charge on any atom is -0.376 e. The summed E-state index contributed by atoms with van der Waals surface area (Å²) in [6.07, 6.45) is 2.28. The lowest BCUT2D eigenvalue weighted by Crippen LogP contribution is -2.20. The Morgan fingerprint density at radius 2 is 2.09 bits per heavy atom. The number of halogens is 2. The molecular formula is C16H18F2N4O. The summed E-state index contributed by atoms with van der Waals surface area (Å²) in [7, 11) is 0. The molecule has 1 aromatic heterocycles. The first kappa shape index (κ1) is 15.6. The Kier molecular flexibility index (Phi) is 4.66. The van der Waals surface area contributed by atoms with Crippen molar-refractivity contribution in [2.75, 3.05) is 23.8 Å². The largest absolute Gasteiger partial charge is 0.376 e. The van der Waals surface area contributed by atoms with Gasteiger partial charge in [0.05, 0.1) is 6.10 Å². The van der Waals surface area contributed by atoms with Crippen molar-refractivity contribution in [3.63, 3.8) is 0 Å². The molecule has 1 aliphatic heterocycles. The molecular weight excluding hydrogens is 302 g/mol. The van der Waals surface area contributed by atoms with Gasteiger partial charge in [-0.1, -0.05) is 0 Å². The van der Waals surface area contributed by atoms with Crippen LogP contribution in [0.5, 0.6) is 0 Å². The van der Waals surface area contributed by atoms with Gasteiger partial charge in [-0.15, -0.1) is 0 Å². The number of nitrogens with one attached hydrogen (secondary N) is 2. The fourth-order valence-corrected chi connectivity index (χ4v) is 2.44. The third-order valence-corrected chi connectivity index (χ3v) is 3.56. The maximum absolute atomic E-state index is 13.3. The lowest BCUT2D eigenvalue weighted by Gasteiger charge is -2.13. The smallest absolute Gasteiger partial charge is 0.224 e. The summed E-state index contributed by atoms with van der Waals surface area (Å²) in [5.41, 5.74) is 1.19. The number of hydrogen-bond acceptors (Lipinski definition) is 5.